The van der Waals surface area contributed by atoms with E-state index in [4.69, 9.17) is 5.11 Å². The van der Waals surface area contributed by atoms with E-state index in [1.165, 1.54) is 6.92 Å². The van der Waals surface area contributed by atoms with Gasteiger partial charge >= 0.3 is 5.97 Å². The average molecular weight is 334 g/mol. The van der Waals surface area contributed by atoms with Gasteiger partial charge in [0.2, 0.25) is 10.0 Å². The number of hydrogen-bond acceptors (Lipinski definition) is 4. The third-order valence-electron chi connectivity index (χ3n) is 3.69. The first kappa shape index (κ1) is 16.8. The zero-order valence-corrected chi connectivity index (χ0v) is 12.7. The Kier molecular flexibility index (Phi) is 4.78. The van der Waals surface area contributed by atoms with Crippen LogP contribution >= 0.6 is 0 Å². The minimum Gasteiger partial charge on any atom is -0.480 e. The van der Waals surface area contributed by atoms with Crippen LogP contribution < -0.4 is 0 Å². The fourth-order valence-corrected chi connectivity index (χ4v) is 3.80. The molecule has 0 aliphatic carbocycles. The van der Waals surface area contributed by atoms with Crippen LogP contribution in [0, 0.1) is 11.6 Å². The summed E-state index contributed by atoms with van der Waals surface area (Å²) in [7, 11) is -4.14. The Hall–Kier alpha value is -1.58. The van der Waals surface area contributed by atoms with Gasteiger partial charge in [0, 0.05) is 26.2 Å². The molecule has 122 valence electrons. The van der Waals surface area contributed by atoms with Gasteiger partial charge in [0.05, 0.1) is 0 Å². The summed E-state index contributed by atoms with van der Waals surface area (Å²) in [4.78, 5) is 11.8. The van der Waals surface area contributed by atoms with E-state index in [0.29, 0.717) is 6.07 Å². The molecule has 1 aliphatic heterocycles. The second-order valence-corrected chi connectivity index (χ2v) is 6.94. The van der Waals surface area contributed by atoms with E-state index < -0.39 is 38.6 Å². The molecule has 1 aromatic carbocycles. The number of carboxylic acids is 1. The van der Waals surface area contributed by atoms with E-state index in [0.717, 1.165) is 16.4 Å². The molecule has 0 radical (unpaired) electrons. The molecule has 1 atom stereocenters. The number of aliphatic carboxylic acids is 1. The number of carboxylic acid groups (broad SMARTS) is 1. The molecule has 1 N–H and O–H groups in total. The standard InChI is InChI=1S/C13H16F2N2O4S/c1-9(13(18)19)16-4-6-17(7-5-16)22(20,21)12-8-10(14)2-3-11(12)15/h2-3,8-9H,4-7H2,1H3,(H,18,19). The Morgan fingerprint density at radius 3 is 2.36 bits per heavy atom. The highest BCUT2D eigenvalue weighted by Gasteiger charge is 2.33. The van der Waals surface area contributed by atoms with E-state index in [9.17, 15) is 22.0 Å². The molecule has 9 heteroatoms. The first-order valence-corrected chi connectivity index (χ1v) is 8.09. The van der Waals surface area contributed by atoms with Crippen LogP contribution in [0.3, 0.4) is 0 Å². The Balaban J connectivity index is 2.16. The smallest absolute Gasteiger partial charge is 0.320 e. The minimum absolute atomic E-state index is 0.0237. The van der Waals surface area contributed by atoms with Crippen LogP contribution in [0.25, 0.3) is 0 Å². The lowest BCUT2D eigenvalue weighted by Gasteiger charge is -2.35. The predicted molar refractivity (Wildman–Crippen MR) is 73.8 cm³/mol. The van der Waals surface area contributed by atoms with Crippen LogP contribution in [0.5, 0.6) is 0 Å². The van der Waals surface area contributed by atoms with E-state index in [1.54, 1.807) is 4.90 Å². The van der Waals surface area contributed by atoms with Gasteiger partial charge in [-0.25, -0.2) is 17.2 Å². The Bertz CT molecular complexity index is 673. The van der Waals surface area contributed by atoms with Crippen molar-refractivity contribution in [3.63, 3.8) is 0 Å². The summed E-state index contributed by atoms with van der Waals surface area (Å²) in [6.45, 7) is 1.98. The largest absolute Gasteiger partial charge is 0.480 e. The monoisotopic (exact) mass is 334 g/mol. The summed E-state index contributed by atoms with van der Waals surface area (Å²) in [5, 5.41) is 8.94. The van der Waals surface area contributed by atoms with Crippen LogP contribution in [0.1, 0.15) is 6.92 Å². The van der Waals surface area contributed by atoms with Gasteiger partial charge in [-0.3, -0.25) is 9.69 Å². The average Bonchev–Trinajstić information content (AvgIpc) is 2.48. The molecule has 1 aromatic rings. The summed E-state index contributed by atoms with van der Waals surface area (Å²) in [6, 6.07) is 1.54. The molecule has 2 rings (SSSR count). The molecule has 0 bridgehead atoms. The molecule has 0 spiro atoms. The summed E-state index contributed by atoms with van der Waals surface area (Å²) in [5.74, 6) is -2.84. The van der Waals surface area contributed by atoms with Gasteiger partial charge < -0.3 is 5.11 Å². The third-order valence-corrected chi connectivity index (χ3v) is 5.60. The minimum atomic E-state index is -4.14. The van der Waals surface area contributed by atoms with Crippen molar-refractivity contribution >= 4 is 16.0 Å². The zero-order chi connectivity index (χ0) is 16.5. The number of benzene rings is 1. The Morgan fingerprint density at radius 2 is 1.82 bits per heavy atom. The van der Waals surface area contributed by atoms with Gasteiger partial charge in [0.15, 0.2) is 0 Å². The summed E-state index contributed by atoms with van der Waals surface area (Å²) >= 11 is 0. The number of rotatable bonds is 4. The van der Waals surface area contributed by atoms with E-state index in [-0.39, 0.29) is 26.2 Å². The molecule has 6 nitrogen and oxygen atoms in total. The van der Waals surface area contributed by atoms with Crippen LogP contribution in [0.2, 0.25) is 0 Å². The molecule has 22 heavy (non-hydrogen) atoms. The third kappa shape index (κ3) is 3.26. The lowest BCUT2D eigenvalue weighted by atomic mass is 10.2. The summed E-state index contributed by atoms with van der Waals surface area (Å²) < 4.78 is 52.6. The van der Waals surface area contributed by atoms with Crippen molar-refractivity contribution in [1.82, 2.24) is 9.21 Å². The molecule has 0 aromatic heterocycles. The number of piperazine rings is 1. The van der Waals surface area contributed by atoms with Gasteiger partial charge in [-0.2, -0.15) is 4.31 Å². The number of nitrogens with zero attached hydrogens (tertiary/aromatic N) is 2. The predicted octanol–water partition coefficient (Wildman–Crippen LogP) is 0.744. The number of sulfonamides is 1. The first-order chi connectivity index (χ1) is 10.2. The summed E-state index contributed by atoms with van der Waals surface area (Å²) in [5.41, 5.74) is 0. The number of carbonyl (C=O) groups is 1. The van der Waals surface area contributed by atoms with Crippen molar-refractivity contribution < 1.29 is 27.1 Å². The quantitative estimate of drug-likeness (QED) is 0.879. The molecule has 1 aliphatic rings. The molecule has 0 saturated carbocycles. The fraction of sp³-hybridized carbons (Fsp3) is 0.462. The van der Waals surface area contributed by atoms with E-state index >= 15 is 0 Å². The molecule has 1 saturated heterocycles. The molecular formula is C13H16F2N2O4S. The van der Waals surface area contributed by atoms with Gasteiger partial charge in [-0.05, 0) is 25.1 Å². The highest BCUT2D eigenvalue weighted by atomic mass is 32.2. The van der Waals surface area contributed by atoms with Gasteiger partial charge in [0.1, 0.15) is 22.6 Å². The lowest BCUT2D eigenvalue weighted by Crippen LogP contribution is -2.53. The number of hydrogen-bond donors (Lipinski definition) is 1. The van der Waals surface area contributed by atoms with Crippen LogP contribution in [0.15, 0.2) is 23.1 Å². The maximum Gasteiger partial charge on any atom is 0.320 e. The van der Waals surface area contributed by atoms with Gasteiger partial charge in [-0.15, -0.1) is 0 Å². The second kappa shape index (κ2) is 6.27. The molecule has 1 heterocycles. The van der Waals surface area contributed by atoms with Crippen LogP contribution in [-0.2, 0) is 14.8 Å². The highest BCUT2D eigenvalue weighted by Crippen LogP contribution is 2.22. The van der Waals surface area contributed by atoms with Crippen LogP contribution in [0.4, 0.5) is 8.78 Å². The maximum atomic E-state index is 13.7. The van der Waals surface area contributed by atoms with E-state index in [2.05, 4.69) is 0 Å². The van der Waals surface area contributed by atoms with Crippen molar-refractivity contribution in [1.29, 1.82) is 0 Å². The zero-order valence-electron chi connectivity index (χ0n) is 11.9. The van der Waals surface area contributed by atoms with Crippen molar-refractivity contribution in [2.45, 2.75) is 17.9 Å². The van der Waals surface area contributed by atoms with Crippen LogP contribution in [-0.4, -0.2) is 60.9 Å². The summed E-state index contributed by atoms with van der Waals surface area (Å²) in [6.07, 6.45) is 0. The highest BCUT2D eigenvalue weighted by molar-refractivity contribution is 7.89. The van der Waals surface area contributed by atoms with Gasteiger partial charge in [-0.1, -0.05) is 0 Å². The lowest BCUT2D eigenvalue weighted by molar-refractivity contribution is -0.143. The second-order valence-electron chi connectivity index (χ2n) is 5.03. The maximum absolute atomic E-state index is 13.7. The molecule has 1 unspecified atom stereocenters. The fourth-order valence-electron chi connectivity index (χ4n) is 2.30. The Morgan fingerprint density at radius 1 is 1.23 bits per heavy atom. The number of halogens is 2. The van der Waals surface area contributed by atoms with E-state index in [1.807, 2.05) is 0 Å². The van der Waals surface area contributed by atoms with Gasteiger partial charge in [0.25, 0.3) is 0 Å². The van der Waals surface area contributed by atoms with Crippen molar-refractivity contribution in [3.8, 4) is 0 Å². The van der Waals surface area contributed by atoms with Crippen molar-refractivity contribution in [2.75, 3.05) is 26.2 Å². The SMILES string of the molecule is CC(C(=O)O)N1CCN(S(=O)(=O)c2cc(F)ccc2F)CC1. The topological polar surface area (TPSA) is 77.9 Å². The normalized spacial score (nSPS) is 19.0. The van der Waals surface area contributed by atoms with Crippen molar-refractivity contribution in [2.24, 2.45) is 0 Å². The first-order valence-electron chi connectivity index (χ1n) is 6.65. The Labute approximate surface area is 127 Å². The molecular weight excluding hydrogens is 318 g/mol. The molecule has 0 amide bonds. The molecule has 1 fully saturated rings. The van der Waals surface area contributed by atoms with Crippen molar-refractivity contribution in [3.05, 3.63) is 29.8 Å².